The molecule has 0 N–H and O–H groups in total. The van der Waals surface area contributed by atoms with Crippen LogP contribution in [0, 0.1) is 11.6 Å². The highest BCUT2D eigenvalue weighted by atomic mass is 32.1. The first-order chi connectivity index (χ1) is 25.4. The van der Waals surface area contributed by atoms with Gasteiger partial charge in [0.15, 0.2) is 0 Å². The molecule has 0 saturated heterocycles. The molecule has 2 aliphatic rings. The van der Waals surface area contributed by atoms with Crippen LogP contribution in [-0.4, -0.2) is 95.3 Å². The summed E-state index contributed by atoms with van der Waals surface area (Å²) >= 11 is 1.20. The zero-order valence-corrected chi connectivity index (χ0v) is 31.5. The third kappa shape index (κ3) is 6.40. The third-order valence-electron chi connectivity index (χ3n) is 10.3. The highest BCUT2D eigenvalue weighted by Gasteiger charge is 2.35. The molecule has 5 heterocycles. The summed E-state index contributed by atoms with van der Waals surface area (Å²) in [6.45, 7) is 8.94. The first kappa shape index (κ1) is 36.4. The lowest BCUT2D eigenvalue weighted by Crippen LogP contribution is -2.48. The number of hydrogen-bond acceptors (Lipinski definition) is 8. The second-order valence-corrected chi connectivity index (χ2v) is 14.8. The third-order valence-corrected chi connectivity index (χ3v) is 11.2. The lowest BCUT2D eigenvalue weighted by atomic mass is 9.90. The van der Waals surface area contributed by atoms with Crippen molar-refractivity contribution in [2.75, 3.05) is 48.0 Å². The quantitative estimate of drug-likeness (QED) is 0.120. The average Bonchev–Trinajstić information content (AvgIpc) is 3.77. The molecule has 0 unspecified atom stereocenters. The molecule has 53 heavy (non-hydrogen) atoms. The van der Waals surface area contributed by atoms with Gasteiger partial charge in [-0.05, 0) is 68.8 Å². The Morgan fingerprint density at radius 1 is 1.06 bits per heavy atom. The van der Waals surface area contributed by atoms with Gasteiger partial charge in [-0.2, -0.15) is 5.10 Å². The van der Waals surface area contributed by atoms with E-state index in [2.05, 4.69) is 12.6 Å². The Hall–Kier alpha value is -4.98. The van der Waals surface area contributed by atoms with Crippen LogP contribution < -0.4 is 4.74 Å². The van der Waals surface area contributed by atoms with Crippen molar-refractivity contribution in [3.63, 3.8) is 0 Å². The van der Waals surface area contributed by atoms with E-state index in [-0.39, 0.29) is 71.1 Å². The van der Waals surface area contributed by atoms with Gasteiger partial charge in [-0.3, -0.25) is 19.2 Å². The number of carbonyl (C=O) groups is 2. The van der Waals surface area contributed by atoms with E-state index in [0.29, 0.717) is 35.6 Å². The molecule has 3 aromatic heterocycles. The lowest BCUT2D eigenvalue weighted by Gasteiger charge is -2.36. The number of methoxy groups -OCH3 is 1. The van der Waals surface area contributed by atoms with Crippen molar-refractivity contribution < 1.29 is 27.8 Å². The number of ether oxygens (including phenoxy) is 2. The van der Waals surface area contributed by atoms with Crippen molar-refractivity contribution >= 4 is 33.2 Å². The van der Waals surface area contributed by atoms with Gasteiger partial charge >= 0.3 is 0 Å². The maximum atomic E-state index is 16.4. The highest BCUT2D eigenvalue weighted by molar-refractivity contribution is 7.17. The minimum absolute atomic E-state index is 0.0435. The predicted molar refractivity (Wildman–Crippen MR) is 202 cm³/mol. The number of halogens is 2. The van der Waals surface area contributed by atoms with Gasteiger partial charge in [-0.25, -0.2) is 13.8 Å². The summed E-state index contributed by atoms with van der Waals surface area (Å²) in [5.74, 6) is -1.05. The van der Waals surface area contributed by atoms with Gasteiger partial charge in [0.25, 0.3) is 0 Å². The zero-order valence-electron chi connectivity index (χ0n) is 30.7. The number of benzene rings is 2. The number of hydrogen-bond donors (Lipinski definition) is 0. The molecular weight excluding hydrogens is 699 g/mol. The predicted octanol–water partition coefficient (Wildman–Crippen LogP) is 6.89. The van der Waals surface area contributed by atoms with Crippen LogP contribution in [0.5, 0.6) is 5.75 Å². The number of likely N-dealkylation sites (N-methyl/N-ethyl adjacent to an activating group) is 2. The van der Waals surface area contributed by atoms with Gasteiger partial charge < -0.3 is 19.3 Å². The summed E-state index contributed by atoms with van der Waals surface area (Å²) in [7, 11) is 7.01. The Labute approximate surface area is 311 Å². The molecule has 276 valence electrons. The zero-order chi connectivity index (χ0) is 37.7. The molecule has 0 bridgehead atoms. The molecule has 13 heteroatoms. The number of thiophene rings is 1. The van der Waals surface area contributed by atoms with Crippen LogP contribution in [-0.2, 0) is 27.3 Å². The SMILES string of the molecule is C=CC(=O)N1C[C@H](C)n2nc(-c3nc(-c4ccc5c(c4)CN(C)[C@H](C(=O)N(C)C)C5)c4scc(F)c4c3-c3c(F)cccc3OCCOC)cc2[C@H]1C. The van der Waals surface area contributed by atoms with Gasteiger partial charge in [0.05, 0.1) is 46.4 Å². The molecule has 0 spiro atoms. The van der Waals surface area contributed by atoms with Crippen LogP contribution in [0.2, 0.25) is 0 Å². The second-order valence-electron chi connectivity index (χ2n) is 13.9. The number of carbonyl (C=O) groups excluding carboxylic acids is 2. The Morgan fingerprint density at radius 2 is 1.85 bits per heavy atom. The number of amides is 2. The van der Waals surface area contributed by atoms with Crippen LogP contribution in [0.1, 0.15) is 42.8 Å². The molecule has 0 saturated carbocycles. The number of nitrogens with zero attached hydrogens (tertiary/aromatic N) is 6. The minimum atomic E-state index is -0.602. The fourth-order valence-corrected chi connectivity index (χ4v) is 8.44. The Balaban J connectivity index is 1.46. The van der Waals surface area contributed by atoms with Gasteiger partial charge in [0.1, 0.15) is 35.4 Å². The summed E-state index contributed by atoms with van der Waals surface area (Å²) in [6.07, 6.45) is 1.86. The number of aromatic nitrogens is 3. The molecule has 0 fully saturated rings. The Bertz CT molecular complexity index is 2250. The van der Waals surface area contributed by atoms with Crippen molar-refractivity contribution in [1.29, 1.82) is 0 Å². The average molecular weight is 741 g/mol. The summed E-state index contributed by atoms with van der Waals surface area (Å²) in [6, 6.07) is 11.6. The topological polar surface area (TPSA) is 93.0 Å². The molecule has 5 aromatic rings. The summed E-state index contributed by atoms with van der Waals surface area (Å²) in [4.78, 5) is 36.4. The maximum absolute atomic E-state index is 16.4. The van der Waals surface area contributed by atoms with Gasteiger partial charge in [-0.1, -0.05) is 24.8 Å². The van der Waals surface area contributed by atoms with E-state index in [0.717, 1.165) is 22.4 Å². The normalized spacial score (nSPS) is 18.5. The molecular formula is C40H42F2N6O4S. The van der Waals surface area contributed by atoms with Crippen molar-refractivity contribution in [1.82, 2.24) is 29.5 Å². The monoisotopic (exact) mass is 740 g/mol. The summed E-state index contributed by atoms with van der Waals surface area (Å²) in [5, 5.41) is 6.64. The van der Waals surface area contributed by atoms with Crippen molar-refractivity contribution in [2.24, 2.45) is 0 Å². The first-order valence-electron chi connectivity index (χ1n) is 17.5. The van der Waals surface area contributed by atoms with Crippen molar-refractivity contribution in [2.45, 2.75) is 44.9 Å². The standard InChI is InChI=1S/C40H42F2N6O4S/c1-8-33(49)47-19-22(2)48-30(23(47)3)18-29(44-48)38-36(34-27(41)10-9-11-32(34)52-15-14-51-7)35-28(42)21-53-39(35)37(43-38)25-13-12-24-17-31(40(50)45(4)5)46(6)20-26(24)16-25/h8-13,16,18,21-23,31H,1,14-15,17,19-20H2,2-7H3/t22-,23+,31-/m0/s1. The van der Waals surface area contributed by atoms with E-state index in [1.54, 1.807) is 43.1 Å². The van der Waals surface area contributed by atoms with Crippen LogP contribution in [0.15, 0.2) is 60.5 Å². The fraction of sp³-hybridized carbons (Fsp3) is 0.350. The number of fused-ring (bicyclic) bond motifs is 3. The molecule has 3 atom stereocenters. The highest BCUT2D eigenvalue weighted by Crippen LogP contribution is 2.48. The van der Waals surface area contributed by atoms with Gasteiger partial charge in [0.2, 0.25) is 11.8 Å². The molecule has 10 nitrogen and oxygen atoms in total. The van der Waals surface area contributed by atoms with E-state index in [4.69, 9.17) is 19.6 Å². The van der Waals surface area contributed by atoms with Crippen molar-refractivity contribution in [3.8, 4) is 39.5 Å². The lowest BCUT2D eigenvalue weighted by molar-refractivity contribution is -0.134. The van der Waals surface area contributed by atoms with E-state index >= 15 is 8.78 Å². The van der Waals surface area contributed by atoms with Crippen LogP contribution in [0.4, 0.5) is 8.78 Å². The van der Waals surface area contributed by atoms with E-state index in [1.807, 2.05) is 48.7 Å². The molecule has 2 amide bonds. The Morgan fingerprint density at radius 3 is 2.58 bits per heavy atom. The van der Waals surface area contributed by atoms with Crippen LogP contribution in [0.25, 0.3) is 43.9 Å². The fourth-order valence-electron chi connectivity index (χ4n) is 7.51. The smallest absolute Gasteiger partial charge is 0.246 e. The first-order valence-corrected chi connectivity index (χ1v) is 18.4. The van der Waals surface area contributed by atoms with Gasteiger partial charge in [0, 0.05) is 56.2 Å². The largest absolute Gasteiger partial charge is 0.490 e. The van der Waals surface area contributed by atoms with E-state index < -0.39 is 11.6 Å². The molecule has 0 radical (unpaired) electrons. The molecule has 7 rings (SSSR count). The molecule has 0 aliphatic carbocycles. The van der Waals surface area contributed by atoms with E-state index in [1.165, 1.54) is 28.9 Å². The summed E-state index contributed by atoms with van der Waals surface area (Å²) in [5.41, 5.74) is 5.13. The van der Waals surface area contributed by atoms with E-state index in [9.17, 15) is 9.59 Å². The van der Waals surface area contributed by atoms with Crippen molar-refractivity contribution in [3.05, 3.63) is 89.0 Å². The Kier molecular flexibility index (Phi) is 9.92. The van der Waals surface area contributed by atoms with Crippen LogP contribution >= 0.6 is 11.3 Å². The van der Waals surface area contributed by atoms with Crippen LogP contribution in [0.3, 0.4) is 0 Å². The van der Waals surface area contributed by atoms with Gasteiger partial charge in [-0.15, -0.1) is 11.3 Å². The number of pyridine rings is 1. The summed E-state index contributed by atoms with van der Waals surface area (Å²) < 4.78 is 46.3. The minimum Gasteiger partial charge on any atom is -0.490 e. The molecule has 2 aromatic carbocycles. The molecule has 2 aliphatic heterocycles. The second kappa shape index (κ2) is 14.4. The number of rotatable bonds is 9. The maximum Gasteiger partial charge on any atom is 0.246 e.